The van der Waals surface area contributed by atoms with Crippen molar-refractivity contribution in [2.24, 2.45) is 0 Å². The van der Waals surface area contributed by atoms with Gasteiger partial charge in [-0.2, -0.15) is 0 Å². The highest BCUT2D eigenvalue weighted by Crippen LogP contribution is 2.22. The van der Waals surface area contributed by atoms with Crippen LogP contribution in [0.4, 0.5) is 26.3 Å². The van der Waals surface area contributed by atoms with Crippen LogP contribution in [0.5, 0.6) is 0 Å². The summed E-state index contributed by atoms with van der Waals surface area (Å²) in [5.41, 5.74) is 0. The molecule has 0 aliphatic rings. The number of alkyl halides is 6. The zero-order valence-corrected chi connectivity index (χ0v) is 5.09. The molecule has 0 unspecified atom stereocenters. The number of rotatable bonds is 3. The van der Waals surface area contributed by atoms with Gasteiger partial charge in [0, 0.05) is 0 Å². The van der Waals surface area contributed by atoms with Crippen molar-refractivity contribution in [3.8, 4) is 0 Å². The smallest absolute Gasteiger partial charge is 0.285 e. The number of hydrogen-bond acceptors (Lipinski definition) is 1. The fourth-order valence-corrected chi connectivity index (χ4v) is 0.226. The Morgan fingerprint density at radius 2 is 1.45 bits per heavy atom. The summed E-state index contributed by atoms with van der Waals surface area (Å²) < 4.78 is 70.3. The molecule has 0 aromatic carbocycles. The van der Waals surface area contributed by atoms with E-state index in [9.17, 15) is 26.3 Å². The molecule has 0 atom stereocenters. The zero-order valence-electron chi connectivity index (χ0n) is 5.09. The van der Waals surface area contributed by atoms with E-state index < -0.39 is 25.6 Å². The van der Waals surface area contributed by atoms with Crippen LogP contribution >= 0.6 is 0 Å². The van der Waals surface area contributed by atoms with Crippen molar-refractivity contribution < 1.29 is 31.1 Å². The predicted molar refractivity (Wildman–Crippen MR) is 22.9 cm³/mol. The van der Waals surface area contributed by atoms with Crippen LogP contribution in [0, 0.1) is 0 Å². The van der Waals surface area contributed by atoms with Crippen LogP contribution in [0.3, 0.4) is 0 Å². The van der Waals surface area contributed by atoms with Gasteiger partial charge in [-0.3, -0.25) is 4.74 Å². The average Bonchev–Trinajstić information content (AvgIpc) is 1.83. The van der Waals surface area contributed by atoms with Gasteiger partial charge in [-0.25, -0.2) is 13.2 Å². The highest BCUT2D eigenvalue weighted by Gasteiger charge is 2.37. The van der Waals surface area contributed by atoms with Crippen LogP contribution < -0.4 is 0 Å². The SMILES string of the molecule is FCC(F)(F)COC(F)(F)F. The van der Waals surface area contributed by atoms with Crippen molar-refractivity contribution in [3.63, 3.8) is 0 Å². The van der Waals surface area contributed by atoms with Crippen LogP contribution in [0.25, 0.3) is 0 Å². The van der Waals surface area contributed by atoms with E-state index in [0.29, 0.717) is 0 Å². The molecule has 0 aliphatic heterocycles. The molecular weight excluding hydrogens is 178 g/mol. The second kappa shape index (κ2) is 3.29. The summed E-state index contributed by atoms with van der Waals surface area (Å²) in [6.45, 7) is -4.14. The van der Waals surface area contributed by atoms with Gasteiger partial charge in [-0.15, -0.1) is 13.2 Å². The molecule has 0 amide bonds. The Morgan fingerprint density at radius 3 is 1.73 bits per heavy atom. The molecule has 11 heavy (non-hydrogen) atoms. The summed E-state index contributed by atoms with van der Waals surface area (Å²) >= 11 is 0. The monoisotopic (exact) mass is 182 g/mol. The third-order valence-electron chi connectivity index (χ3n) is 0.643. The van der Waals surface area contributed by atoms with E-state index in [4.69, 9.17) is 0 Å². The minimum absolute atomic E-state index is 1.98. The lowest BCUT2D eigenvalue weighted by atomic mass is 10.4. The Morgan fingerprint density at radius 1 is 1.00 bits per heavy atom. The number of hydrogen-bond donors (Lipinski definition) is 0. The molecule has 0 aliphatic carbocycles. The predicted octanol–water partition coefficient (Wildman–Crippen LogP) is 2.13. The van der Waals surface area contributed by atoms with E-state index in [-0.39, 0.29) is 0 Å². The maximum atomic E-state index is 11.7. The molecule has 0 aromatic rings. The summed E-state index contributed by atoms with van der Waals surface area (Å²) in [5, 5.41) is 0. The normalized spacial score (nSPS) is 13.6. The van der Waals surface area contributed by atoms with E-state index >= 15 is 0 Å². The van der Waals surface area contributed by atoms with E-state index in [0.717, 1.165) is 0 Å². The van der Waals surface area contributed by atoms with Crippen LogP contribution in [-0.2, 0) is 4.74 Å². The first-order valence-electron chi connectivity index (χ1n) is 2.41. The Kier molecular flexibility index (Phi) is 3.15. The summed E-state index contributed by atoms with van der Waals surface area (Å²) in [7, 11) is 0. The summed E-state index contributed by atoms with van der Waals surface area (Å²) in [5.74, 6) is -4.06. The molecule has 0 N–H and O–H groups in total. The zero-order chi connectivity index (χ0) is 9.12. The minimum Gasteiger partial charge on any atom is -0.285 e. The topological polar surface area (TPSA) is 9.23 Å². The summed E-state index contributed by atoms with van der Waals surface area (Å²) in [6.07, 6.45) is -5.14. The van der Waals surface area contributed by atoms with Crippen LogP contribution in [0.15, 0.2) is 0 Å². The molecule has 0 radical (unpaired) electrons. The molecule has 0 saturated heterocycles. The van der Waals surface area contributed by atoms with Gasteiger partial charge in [0.05, 0.1) is 0 Å². The van der Waals surface area contributed by atoms with Crippen molar-refractivity contribution in [2.75, 3.05) is 13.3 Å². The quantitative estimate of drug-likeness (QED) is 0.607. The van der Waals surface area contributed by atoms with Crippen LogP contribution in [0.2, 0.25) is 0 Å². The summed E-state index contributed by atoms with van der Waals surface area (Å²) in [6, 6.07) is 0. The lowest BCUT2D eigenvalue weighted by Gasteiger charge is -2.13. The van der Waals surface area contributed by atoms with Gasteiger partial charge < -0.3 is 0 Å². The Balaban J connectivity index is 3.70. The molecule has 0 fully saturated rings. The van der Waals surface area contributed by atoms with Crippen molar-refractivity contribution in [3.05, 3.63) is 0 Å². The van der Waals surface area contributed by atoms with Crippen molar-refractivity contribution >= 4 is 0 Å². The van der Waals surface area contributed by atoms with Crippen molar-refractivity contribution in [1.29, 1.82) is 0 Å². The van der Waals surface area contributed by atoms with Gasteiger partial charge in [0.2, 0.25) is 0 Å². The van der Waals surface area contributed by atoms with E-state index in [1.54, 1.807) is 0 Å². The standard InChI is InChI=1S/C4H4F6O/c5-1-3(6,7)2-11-4(8,9)10/h1-2H2. The fourth-order valence-electron chi connectivity index (χ4n) is 0.226. The lowest BCUT2D eigenvalue weighted by molar-refractivity contribution is -0.341. The maximum Gasteiger partial charge on any atom is 0.522 e. The Labute approximate surface area is 57.9 Å². The molecule has 0 aromatic heterocycles. The first-order chi connectivity index (χ1) is 4.77. The van der Waals surface area contributed by atoms with Gasteiger partial charge >= 0.3 is 6.36 Å². The van der Waals surface area contributed by atoms with Crippen molar-refractivity contribution in [1.82, 2.24) is 0 Å². The van der Waals surface area contributed by atoms with Gasteiger partial charge in [0.1, 0.15) is 6.61 Å². The molecule has 7 heteroatoms. The Bertz CT molecular complexity index is 118. The third-order valence-corrected chi connectivity index (χ3v) is 0.643. The molecule has 0 bridgehead atoms. The third kappa shape index (κ3) is 5.96. The lowest BCUT2D eigenvalue weighted by Crippen LogP contribution is -2.30. The molecule has 68 valence electrons. The van der Waals surface area contributed by atoms with E-state index in [2.05, 4.69) is 4.74 Å². The van der Waals surface area contributed by atoms with Crippen molar-refractivity contribution in [2.45, 2.75) is 12.3 Å². The summed E-state index contributed by atoms with van der Waals surface area (Å²) in [4.78, 5) is 0. The maximum absolute atomic E-state index is 11.7. The van der Waals surface area contributed by atoms with Gasteiger partial charge in [0.15, 0.2) is 6.67 Å². The largest absolute Gasteiger partial charge is 0.522 e. The van der Waals surface area contributed by atoms with Crippen LogP contribution in [0.1, 0.15) is 0 Å². The number of ether oxygens (including phenoxy) is 1. The molecule has 0 heterocycles. The molecule has 0 saturated carbocycles. The molecule has 1 nitrogen and oxygen atoms in total. The van der Waals surface area contributed by atoms with E-state index in [1.165, 1.54) is 0 Å². The van der Waals surface area contributed by atoms with E-state index in [1.807, 2.05) is 0 Å². The highest BCUT2D eigenvalue weighted by molar-refractivity contribution is 4.62. The fraction of sp³-hybridized carbons (Fsp3) is 1.00. The second-order valence-corrected chi connectivity index (χ2v) is 1.72. The van der Waals surface area contributed by atoms with Gasteiger partial charge in [-0.05, 0) is 0 Å². The van der Waals surface area contributed by atoms with Gasteiger partial charge in [-0.1, -0.05) is 0 Å². The minimum atomic E-state index is -5.14. The van der Waals surface area contributed by atoms with Gasteiger partial charge in [0.25, 0.3) is 5.92 Å². The first kappa shape index (κ1) is 10.5. The molecular formula is C4H4F6O. The highest BCUT2D eigenvalue weighted by atomic mass is 19.4. The first-order valence-corrected chi connectivity index (χ1v) is 2.41. The average molecular weight is 182 g/mol. The molecule has 0 spiro atoms. The molecule has 0 rings (SSSR count). The number of halogens is 6. The van der Waals surface area contributed by atoms with Crippen LogP contribution in [-0.4, -0.2) is 25.6 Å². The second-order valence-electron chi connectivity index (χ2n) is 1.72. The Hall–Kier alpha value is -0.460.